The van der Waals surface area contributed by atoms with Crippen LogP contribution in [0.5, 0.6) is 5.75 Å². The van der Waals surface area contributed by atoms with E-state index >= 15 is 0 Å². The first kappa shape index (κ1) is 30.8. The summed E-state index contributed by atoms with van der Waals surface area (Å²) < 4.78 is 109. The molecule has 3 aromatic carbocycles. The molecule has 0 aliphatic heterocycles. The maximum absolute atomic E-state index is 13.2. The maximum Gasteiger partial charge on any atom is 0.534 e. The Labute approximate surface area is 229 Å². The largest absolute Gasteiger partial charge is 0.534 e. The second-order valence-electron chi connectivity index (χ2n) is 7.94. The van der Waals surface area contributed by atoms with Gasteiger partial charge in [0.2, 0.25) is 0 Å². The number of hydrazone groups is 1. The summed E-state index contributed by atoms with van der Waals surface area (Å²) in [5.74, 6) is -1.60. The monoisotopic (exact) mass is 608 g/mol. The number of carbonyl (C=O) groups excluding carboxylic acids is 1. The number of amides is 1. The van der Waals surface area contributed by atoms with E-state index in [4.69, 9.17) is 16.3 Å². The molecule has 0 heterocycles. The molecule has 0 saturated carbocycles. The van der Waals surface area contributed by atoms with E-state index in [9.17, 15) is 39.6 Å². The zero-order valence-corrected chi connectivity index (χ0v) is 21.8. The van der Waals surface area contributed by atoms with Gasteiger partial charge in [0.1, 0.15) is 5.75 Å². The fourth-order valence-electron chi connectivity index (χ4n) is 3.45. The average Bonchev–Trinajstić information content (AvgIpc) is 2.87. The topological polar surface area (TPSA) is 94.1 Å². The average molecular weight is 609 g/mol. The highest BCUT2D eigenvalue weighted by molar-refractivity contribution is 7.88. The van der Waals surface area contributed by atoms with Gasteiger partial charge in [-0.1, -0.05) is 48.0 Å². The van der Waals surface area contributed by atoms with E-state index in [2.05, 4.69) is 14.7 Å². The third-order valence-electron chi connectivity index (χ3n) is 5.23. The van der Waals surface area contributed by atoms with Crippen LogP contribution in [0.25, 0.3) is 0 Å². The van der Waals surface area contributed by atoms with Gasteiger partial charge in [-0.05, 0) is 60.0 Å². The summed E-state index contributed by atoms with van der Waals surface area (Å²) in [5, 5.41) is 4.44. The number of alkyl halides is 6. The highest BCUT2D eigenvalue weighted by Gasteiger charge is 2.48. The molecule has 1 amide bonds. The van der Waals surface area contributed by atoms with Crippen LogP contribution in [0.15, 0.2) is 77.9 Å². The molecule has 0 radical (unpaired) electrons. The van der Waals surface area contributed by atoms with Crippen molar-refractivity contribution in [1.82, 2.24) is 5.43 Å². The Morgan fingerprint density at radius 1 is 0.900 bits per heavy atom. The van der Waals surface area contributed by atoms with Gasteiger partial charge >= 0.3 is 27.9 Å². The minimum atomic E-state index is -5.93. The standard InChI is InChI=1S/C25H19ClF6N2O5S/c1-2-38-23(35)34-33-22(17-3-9-18(10-4-17)24(27,28)29)21(15-5-11-19(26)12-6-15)16-7-13-20(14-8-16)39-40(36,37)25(30,31)32/h3-14,21H,2H2,1H3,(H,34,35). The Morgan fingerprint density at radius 3 is 1.90 bits per heavy atom. The van der Waals surface area contributed by atoms with Gasteiger partial charge in [0.25, 0.3) is 0 Å². The summed E-state index contributed by atoms with van der Waals surface area (Å²) in [4.78, 5) is 12.0. The van der Waals surface area contributed by atoms with Crippen molar-refractivity contribution in [3.8, 4) is 5.75 Å². The Hall–Kier alpha value is -3.78. The molecule has 0 bridgehead atoms. The fraction of sp³-hybridized carbons (Fsp3) is 0.200. The van der Waals surface area contributed by atoms with Crippen molar-refractivity contribution >= 4 is 33.5 Å². The zero-order chi connectivity index (χ0) is 29.7. The molecule has 3 rings (SSSR count). The number of hydrogen-bond acceptors (Lipinski definition) is 6. The molecule has 3 aromatic rings. The molecule has 0 fully saturated rings. The molecule has 0 spiro atoms. The van der Waals surface area contributed by atoms with E-state index in [0.29, 0.717) is 16.1 Å². The van der Waals surface area contributed by atoms with Gasteiger partial charge in [-0.25, -0.2) is 10.2 Å². The van der Waals surface area contributed by atoms with E-state index in [0.717, 1.165) is 36.4 Å². The first-order valence-corrected chi connectivity index (χ1v) is 12.9. The predicted octanol–water partition coefficient (Wildman–Crippen LogP) is 6.87. The van der Waals surface area contributed by atoms with E-state index in [-0.39, 0.29) is 17.9 Å². The van der Waals surface area contributed by atoms with Crippen LogP contribution in [-0.2, 0) is 21.0 Å². The summed E-state index contributed by atoms with van der Waals surface area (Å²) in [7, 11) is -5.93. The Morgan fingerprint density at radius 2 is 1.43 bits per heavy atom. The molecule has 1 atom stereocenters. The van der Waals surface area contributed by atoms with Gasteiger partial charge in [0.05, 0.1) is 23.8 Å². The van der Waals surface area contributed by atoms with Crippen LogP contribution in [0.1, 0.15) is 35.1 Å². The molecule has 0 saturated heterocycles. The number of carbonyl (C=O) groups is 1. The molecular formula is C25H19ClF6N2O5S. The minimum absolute atomic E-state index is 0.000124. The summed E-state index contributed by atoms with van der Waals surface area (Å²) in [6, 6.07) is 14.5. The van der Waals surface area contributed by atoms with Crippen LogP contribution in [0.4, 0.5) is 31.1 Å². The van der Waals surface area contributed by atoms with Crippen molar-refractivity contribution in [2.45, 2.75) is 24.5 Å². The second kappa shape index (κ2) is 12.2. The lowest BCUT2D eigenvalue weighted by molar-refractivity contribution is -0.137. The van der Waals surface area contributed by atoms with Crippen molar-refractivity contribution in [2.24, 2.45) is 5.10 Å². The van der Waals surface area contributed by atoms with Crippen molar-refractivity contribution in [2.75, 3.05) is 6.61 Å². The number of halogens is 7. The van der Waals surface area contributed by atoms with Gasteiger partial charge < -0.3 is 8.92 Å². The quantitative estimate of drug-likeness (QED) is 0.0990. The molecular weight excluding hydrogens is 590 g/mol. The van der Waals surface area contributed by atoms with E-state index < -0.39 is 45.1 Å². The summed E-state index contributed by atoms with van der Waals surface area (Å²) in [6.07, 6.45) is -5.58. The van der Waals surface area contributed by atoms with E-state index in [1.54, 1.807) is 19.1 Å². The number of ether oxygens (including phenoxy) is 1. The van der Waals surface area contributed by atoms with Crippen molar-refractivity contribution in [3.63, 3.8) is 0 Å². The van der Waals surface area contributed by atoms with E-state index in [1.165, 1.54) is 24.3 Å². The SMILES string of the molecule is CCOC(=O)NN=C(c1ccc(C(F)(F)F)cc1)C(c1ccc(Cl)cc1)c1ccc(OS(=O)(=O)C(F)(F)F)cc1. The first-order chi connectivity index (χ1) is 18.6. The summed E-state index contributed by atoms with van der Waals surface area (Å²) in [5.41, 5.74) is -3.51. The van der Waals surface area contributed by atoms with Gasteiger partial charge in [-0.15, -0.1) is 0 Å². The molecule has 0 aromatic heterocycles. The van der Waals surface area contributed by atoms with Crippen LogP contribution >= 0.6 is 11.6 Å². The lowest BCUT2D eigenvalue weighted by Gasteiger charge is -2.22. The number of nitrogens with zero attached hydrogens (tertiary/aromatic N) is 1. The highest BCUT2D eigenvalue weighted by atomic mass is 35.5. The van der Waals surface area contributed by atoms with Gasteiger partial charge in [0.15, 0.2) is 0 Å². The normalized spacial score (nSPS) is 13.4. The fourth-order valence-corrected chi connectivity index (χ4v) is 4.03. The van der Waals surface area contributed by atoms with Crippen molar-refractivity contribution in [1.29, 1.82) is 0 Å². The highest BCUT2D eigenvalue weighted by Crippen LogP contribution is 2.34. The van der Waals surface area contributed by atoms with Crippen molar-refractivity contribution in [3.05, 3.63) is 100 Å². The van der Waals surface area contributed by atoms with Crippen LogP contribution in [0.3, 0.4) is 0 Å². The maximum atomic E-state index is 13.2. The summed E-state index contributed by atoms with van der Waals surface area (Å²) >= 11 is 6.00. The van der Waals surface area contributed by atoms with Crippen LogP contribution < -0.4 is 9.61 Å². The molecule has 0 aliphatic carbocycles. The van der Waals surface area contributed by atoms with E-state index in [1.807, 2.05) is 0 Å². The predicted molar refractivity (Wildman–Crippen MR) is 133 cm³/mol. The number of hydrogen-bond donors (Lipinski definition) is 1. The molecule has 214 valence electrons. The van der Waals surface area contributed by atoms with Crippen LogP contribution in [0.2, 0.25) is 5.02 Å². The molecule has 40 heavy (non-hydrogen) atoms. The zero-order valence-electron chi connectivity index (χ0n) is 20.3. The third kappa shape index (κ3) is 7.66. The smallest absolute Gasteiger partial charge is 0.449 e. The van der Waals surface area contributed by atoms with Gasteiger partial charge in [-0.2, -0.15) is 39.9 Å². The Balaban J connectivity index is 2.15. The molecule has 1 unspecified atom stereocenters. The summed E-state index contributed by atoms with van der Waals surface area (Å²) in [6.45, 7) is 1.54. The molecule has 15 heteroatoms. The lowest BCUT2D eigenvalue weighted by atomic mass is 9.84. The third-order valence-corrected chi connectivity index (χ3v) is 6.46. The Bertz CT molecular complexity index is 1460. The molecule has 1 N–H and O–H groups in total. The van der Waals surface area contributed by atoms with Gasteiger partial charge in [-0.3, -0.25) is 0 Å². The second-order valence-corrected chi connectivity index (χ2v) is 9.92. The molecule has 0 aliphatic rings. The molecule has 7 nitrogen and oxygen atoms in total. The van der Waals surface area contributed by atoms with Crippen LogP contribution in [-0.4, -0.2) is 32.3 Å². The van der Waals surface area contributed by atoms with Crippen molar-refractivity contribution < 1.29 is 48.5 Å². The lowest BCUT2D eigenvalue weighted by Crippen LogP contribution is -2.28. The first-order valence-electron chi connectivity index (χ1n) is 11.2. The number of rotatable bonds is 8. The van der Waals surface area contributed by atoms with Gasteiger partial charge in [0, 0.05) is 5.02 Å². The van der Waals surface area contributed by atoms with Crippen LogP contribution in [0, 0.1) is 0 Å². The number of benzene rings is 3. The Kier molecular flexibility index (Phi) is 9.36. The minimum Gasteiger partial charge on any atom is -0.449 e. The number of nitrogens with one attached hydrogen (secondary N) is 1.